The van der Waals surface area contributed by atoms with Crippen LogP contribution in [0.5, 0.6) is 5.75 Å². The summed E-state index contributed by atoms with van der Waals surface area (Å²) in [6.07, 6.45) is 5.11. The highest BCUT2D eigenvalue weighted by molar-refractivity contribution is 5.60. The van der Waals surface area contributed by atoms with E-state index in [9.17, 15) is 0 Å². The summed E-state index contributed by atoms with van der Waals surface area (Å²) in [6.45, 7) is 3.19. The maximum atomic E-state index is 9.10. The Morgan fingerprint density at radius 3 is 2.78 bits per heavy atom. The van der Waals surface area contributed by atoms with Crippen LogP contribution in [-0.2, 0) is 0 Å². The second-order valence-electron chi connectivity index (χ2n) is 5.13. The quantitative estimate of drug-likeness (QED) is 0.832. The summed E-state index contributed by atoms with van der Waals surface area (Å²) in [5, 5.41) is 12.5. The Morgan fingerprint density at radius 1 is 1.44 bits per heavy atom. The highest BCUT2D eigenvalue weighted by atomic mass is 16.5. The van der Waals surface area contributed by atoms with Gasteiger partial charge < -0.3 is 10.1 Å². The molecular formula is C15H20N2O. The maximum absolute atomic E-state index is 9.10. The van der Waals surface area contributed by atoms with Crippen molar-refractivity contribution in [2.24, 2.45) is 5.41 Å². The molecule has 1 aromatic rings. The lowest BCUT2D eigenvalue weighted by Gasteiger charge is -2.17. The van der Waals surface area contributed by atoms with Gasteiger partial charge in [-0.1, -0.05) is 13.3 Å². The number of nitrogens with one attached hydrogen (secondary N) is 1. The number of nitriles is 1. The van der Waals surface area contributed by atoms with Gasteiger partial charge in [0.2, 0.25) is 0 Å². The first-order valence-electron chi connectivity index (χ1n) is 6.55. The van der Waals surface area contributed by atoms with Crippen LogP contribution in [0.4, 0.5) is 5.69 Å². The molecule has 0 atom stereocenters. The van der Waals surface area contributed by atoms with Crippen molar-refractivity contribution in [3.05, 3.63) is 23.8 Å². The smallest absolute Gasteiger partial charge is 0.121 e. The Labute approximate surface area is 109 Å². The second-order valence-corrected chi connectivity index (χ2v) is 5.13. The SMILES string of the molecule is CCCC1(CNc2cc(OC)ccc2C#N)CC1. The summed E-state index contributed by atoms with van der Waals surface area (Å²) in [5.41, 5.74) is 2.05. The van der Waals surface area contributed by atoms with Crippen molar-refractivity contribution in [2.75, 3.05) is 19.0 Å². The summed E-state index contributed by atoms with van der Waals surface area (Å²) < 4.78 is 5.20. The fourth-order valence-corrected chi connectivity index (χ4v) is 2.40. The molecule has 1 aromatic carbocycles. The van der Waals surface area contributed by atoms with Gasteiger partial charge >= 0.3 is 0 Å². The van der Waals surface area contributed by atoms with Gasteiger partial charge in [0.1, 0.15) is 11.8 Å². The Kier molecular flexibility index (Phi) is 3.76. The number of methoxy groups -OCH3 is 1. The summed E-state index contributed by atoms with van der Waals surface area (Å²) >= 11 is 0. The van der Waals surface area contributed by atoms with Gasteiger partial charge in [0.25, 0.3) is 0 Å². The average molecular weight is 244 g/mol. The summed E-state index contributed by atoms with van der Waals surface area (Å²) in [7, 11) is 1.64. The minimum absolute atomic E-state index is 0.477. The topological polar surface area (TPSA) is 45.0 Å². The normalized spacial score (nSPS) is 15.8. The first kappa shape index (κ1) is 12.8. The van der Waals surface area contributed by atoms with Crippen LogP contribution in [-0.4, -0.2) is 13.7 Å². The molecule has 1 aliphatic carbocycles. The largest absolute Gasteiger partial charge is 0.497 e. The van der Waals surface area contributed by atoms with Gasteiger partial charge in [-0.15, -0.1) is 0 Å². The van der Waals surface area contributed by atoms with Crippen molar-refractivity contribution < 1.29 is 4.74 Å². The molecule has 0 aromatic heterocycles. The predicted molar refractivity (Wildman–Crippen MR) is 72.8 cm³/mol. The molecule has 1 N–H and O–H groups in total. The van der Waals surface area contributed by atoms with Crippen LogP contribution in [0.2, 0.25) is 0 Å². The van der Waals surface area contributed by atoms with Crippen LogP contribution in [0.1, 0.15) is 38.2 Å². The van der Waals surface area contributed by atoms with Crippen LogP contribution in [0.15, 0.2) is 18.2 Å². The lowest BCUT2D eigenvalue weighted by atomic mass is 10.0. The predicted octanol–water partition coefficient (Wildman–Crippen LogP) is 3.56. The van der Waals surface area contributed by atoms with Gasteiger partial charge in [-0.3, -0.25) is 0 Å². The fraction of sp³-hybridized carbons (Fsp3) is 0.533. The first-order valence-corrected chi connectivity index (χ1v) is 6.55. The van der Waals surface area contributed by atoms with Crippen LogP contribution >= 0.6 is 0 Å². The lowest BCUT2D eigenvalue weighted by Crippen LogP contribution is -2.15. The molecule has 0 saturated heterocycles. The minimum atomic E-state index is 0.477. The Hall–Kier alpha value is -1.69. The van der Waals surface area contributed by atoms with Crippen molar-refractivity contribution in [1.29, 1.82) is 5.26 Å². The average Bonchev–Trinajstić information content (AvgIpc) is 3.16. The van der Waals surface area contributed by atoms with E-state index in [-0.39, 0.29) is 0 Å². The number of hydrogen-bond donors (Lipinski definition) is 1. The van der Waals surface area contributed by atoms with Crippen molar-refractivity contribution in [3.8, 4) is 11.8 Å². The van der Waals surface area contributed by atoms with Crippen molar-refractivity contribution >= 4 is 5.69 Å². The zero-order valence-corrected chi connectivity index (χ0v) is 11.1. The van der Waals surface area contributed by atoms with Crippen LogP contribution in [0, 0.1) is 16.7 Å². The van der Waals surface area contributed by atoms with Gasteiger partial charge in [-0.2, -0.15) is 5.26 Å². The molecule has 0 amide bonds. The molecule has 0 spiro atoms. The molecule has 18 heavy (non-hydrogen) atoms. The third-order valence-electron chi connectivity index (χ3n) is 3.74. The van der Waals surface area contributed by atoms with Gasteiger partial charge in [0.05, 0.1) is 18.4 Å². The molecule has 0 aliphatic heterocycles. The van der Waals surface area contributed by atoms with Crippen LogP contribution in [0.25, 0.3) is 0 Å². The molecule has 0 unspecified atom stereocenters. The number of rotatable bonds is 6. The van der Waals surface area contributed by atoms with Gasteiger partial charge in [-0.05, 0) is 36.8 Å². The van der Waals surface area contributed by atoms with E-state index in [1.165, 1.54) is 25.7 Å². The van der Waals surface area contributed by atoms with E-state index in [0.29, 0.717) is 11.0 Å². The lowest BCUT2D eigenvalue weighted by molar-refractivity contribution is 0.415. The van der Waals surface area contributed by atoms with E-state index in [1.807, 2.05) is 12.1 Å². The Morgan fingerprint density at radius 2 is 2.22 bits per heavy atom. The third kappa shape index (κ3) is 2.76. The Bertz CT molecular complexity index is 458. The number of nitrogens with zero attached hydrogens (tertiary/aromatic N) is 1. The number of ether oxygens (including phenoxy) is 1. The summed E-state index contributed by atoms with van der Waals surface area (Å²) in [6, 6.07) is 7.75. The van der Waals surface area contributed by atoms with Gasteiger partial charge in [0, 0.05) is 12.6 Å². The zero-order chi connectivity index (χ0) is 13.0. The number of anilines is 1. The molecule has 3 heteroatoms. The molecule has 2 rings (SSSR count). The molecular weight excluding hydrogens is 224 g/mol. The molecule has 1 aliphatic rings. The van der Waals surface area contributed by atoms with E-state index in [2.05, 4.69) is 18.3 Å². The second kappa shape index (κ2) is 5.30. The maximum Gasteiger partial charge on any atom is 0.121 e. The number of hydrogen-bond acceptors (Lipinski definition) is 3. The van der Waals surface area contributed by atoms with Crippen LogP contribution < -0.4 is 10.1 Å². The summed E-state index contributed by atoms with van der Waals surface area (Å²) in [5.74, 6) is 0.789. The monoisotopic (exact) mass is 244 g/mol. The highest BCUT2D eigenvalue weighted by Gasteiger charge is 2.41. The highest BCUT2D eigenvalue weighted by Crippen LogP contribution is 2.49. The molecule has 1 saturated carbocycles. The summed E-state index contributed by atoms with van der Waals surface area (Å²) in [4.78, 5) is 0. The van der Waals surface area contributed by atoms with E-state index < -0.39 is 0 Å². The van der Waals surface area contributed by atoms with Crippen molar-refractivity contribution in [2.45, 2.75) is 32.6 Å². The first-order chi connectivity index (χ1) is 8.73. The van der Waals surface area contributed by atoms with Crippen molar-refractivity contribution in [3.63, 3.8) is 0 Å². The van der Waals surface area contributed by atoms with Gasteiger partial charge in [-0.25, -0.2) is 0 Å². The molecule has 1 fully saturated rings. The molecule has 0 heterocycles. The standard InChI is InChI=1S/C15H20N2O/c1-3-6-15(7-8-15)11-17-14-9-13(18-2)5-4-12(14)10-16/h4-5,9,17H,3,6-8,11H2,1-2H3. The van der Waals surface area contributed by atoms with E-state index in [0.717, 1.165) is 18.0 Å². The Balaban J connectivity index is 2.06. The zero-order valence-electron chi connectivity index (χ0n) is 11.1. The van der Waals surface area contributed by atoms with E-state index >= 15 is 0 Å². The third-order valence-corrected chi connectivity index (χ3v) is 3.74. The van der Waals surface area contributed by atoms with Gasteiger partial charge in [0.15, 0.2) is 0 Å². The van der Waals surface area contributed by atoms with E-state index in [1.54, 1.807) is 13.2 Å². The minimum Gasteiger partial charge on any atom is -0.497 e. The fourth-order valence-electron chi connectivity index (χ4n) is 2.40. The molecule has 96 valence electrons. The molecule has 0 radical (unpaired) electrons. The van der Waals surface area contributed by atoms with E-state index in [4.69, 9.17) is 10.00 Å². The number of benzene rings is 1. The van der Waals surface area contributed by atoms with Crippen LogP contribution in [0.3, 0.4) is 0 Å². The van der Waals surface area contributed by atoms with Crippen molar-refractivity contribution in [1.82, 2.24) is 0 Å². The molecule has 3 nitrogen and oxygen atoms in total. The molecule has 0 bridgehead atoms.